The summed E-state index contributed by atoms with van der Waals surface area (Å²) in [6.45, 7) is 0. The Morgan fingerprint density at radius 1 is 1.15 bits per heavy atom. The average molecular weight is 379 g/mol. The van der Waals surface area contributed by atoms with Crippen LogP contribution in [0.25, 0.3) is 5.57 Å². The lowest BCUT2D eigenvalue weighted by molar-refractivity contribution is -0.146. The molecule has 3 aliphatic rings. The number of hydrogen-bond acceptors (Lipinski definition) is 6. The van der Waals surface area contributed by atoms with Crippen LogP contribution >= 0.6 is 11.8 Å². The van der Waals surface area contributed by atoms with E-state index in [-0.39, 0.29) is 5.71 Å². The van der Waals surface area contributed by atoms with Crippen LogP contribution < -0.4 is 0 Å². The van der Waals surface area contributed by atoms with Crippen LogP contribution in [-0.4, -0.2) is 50.5 Å². The molecule has 0 radical (unpaired) electrons. The fraction of sp³-hybridized carbons (Fsp3) is 0.158. The predicted octanol–water partition coefficient (Wildman–Crippen LogP) is 2.26. The number of nitrogens with zero attached hydrogens (tertiary/aromatic N) is 3. The van der Waals surface area contributed by atoms with Crippen LogP contribution in [0.2, 0.25) is 0 Å². The van der Waals surface area contributed by atoms with Gasteiger partial charge in [-0.1, -0.05) is 30.3 Å². The molecule has 1 N–H and O–H groups in total. The van der Waals surface area contributed by atoms with Crippen LogP contribution in [0.3, 0.4) is 0 Å². The van der Waals surface area contributed by atoms with Gasteiger partial charge in [-0.15, -0.1) is 22.0 Å². The predicted molar refractivity (Wildman–Crippen MR) is 101 cm³/mol. The van der Waals surface area contributed by atoms with Crippen molar-refractivity contribution in [3.8, 4) is 0 Å². The Balaban J connectivity index is 1.75. The second kappa shape index (κ2) is 5.95. The molecule has 2 atom stereocenters. The first-order valence-electron chi connectivity index (χ1n) is 8.32. The molecule has 0 spiro atoms. The van der Waals surface area contributed by atoms with Crippen molar-refractivity contribution in [2.45, 2.75) is 11.4 Å². The molecule has 0 saturated carbocycles. The molecular weight excluding hydrogens is 366 g/mol. The van der Waals surface area contributed by atoms with E-state index in [0.717, 1.165) is 16.7 Å². The summed E-state index contributed by atoms with van der Waals surface area (Å²) in [6, 6.07) is 10.5. The van der Waals surface area contributed by atoms with Crippen LogP contribution in [0.1, 0.15) is 11.1 Å². The Kier molecular flexibility index (Phi) is 3.54. The first-order chi connectivity index (χ1) is 13.2. The van der Waals surface area contributed by atoms with Crippen molar-refractivity contribution in [3.05, 3.63) is 65.6 Å². The number of carbonyl (C=O) groups excluding carboxylic acids is 1. The van der Waals surface area contributed by atoms with Crippen LogP contribution in [0.15, 0.2) is 69.1 Å². The van der Waals surface area contributed by atoms with Crippen molar-refractivity contribution >= 4 is 40.6 Å². The third-order valence-corrected chi connectivity index (χ3v) is 6.13. The SMILES string of the molecule is O=C(O)[C@@H]1CSC2C(c3ccccc3)=C3C(=NN=C3c3ccoc3)C(=O)N21. The first kappa shape index (κ1) is 16.1. The van der Waals surface area contributed by atoms with Gasteiger partial charge >= 0.3 is 5.97 Å². The molecule has 1 fully saturated rings. The van der Waals surface area contributed by atoms with Gasteiger partial charge in [0.05, 0.1) is 12.5 Å². The number of carbonyl (C=O) groups is 2. The number of furan rings is 1. The number of benzene rings is 1. The molecule has 3 aliphatic heterocycles. The quantitative estimate of drug-likeness (QED) is 0.883. The number of thioether (sulfide) groups is 1. The molecule has 0 bridgehead atoms. The largest absolute Gasteiger partial charge is 0.480 e. The highest BCUT2D eigenvalue weighted by Crippen LogP contribution is 2.45. The van der Waals surface area contributed by atoms with Gasteiger partial charge in [0, 0.05) is 22.5 Å². The standard InChI is InChI=1S/C19H13N3O4S/c23-17-16-14(15(20-21-16)11-6-7-26-8-11)13(10-4-2-1-3-5-10)18-22(17)12(9-27-18)19(24)25/h1-8,12,18H,9H2,(H,24,25)/t12-,18?/m0/s1. The molecule has 0 aliphatic carbocycles. The van der Waals surface area contributed by atoms with Gasteiger partial charge < -0.3 is 14.4 Å². The number of carboxylic acids is 1. The lowest BCUT2D eigenvalue weighted by Crippen LogP contribution is -2.52. The summed E-state index contributed by atoms with van der Waals surface area (Å²) in [6.07, 6.45) is 3.10. The Morgan fingerprint density at radius 2 is 1.93 bits per heavy atom. The highest BCUT2D eigenvalue weighted by Gasteiger charge is 2.51. The summed E-state index contributed by atoms with van der Waals surface area (Å²) >= 11 is 1.45. The molecule has 134 valence electrons. The maximum Gasteiger partial charge on any atom is 0.327 e. The van der Waals surface area contributed by atoms with Gasteiger partial charge in [0.15, 0.2) is 5.71 Å². The van der Waals surface area contributed by atoms with Crippen molar-refractivity contribution in [1.82, 2.24) is 4.90 Å². The molecule has 1 unspecified atom stereocenters. The van der Waals surface area contributed by atoms with E-state index in [1.165, 1.54) is 16.7 Å². The van der Waals surface area contributed by atoms with Gasteiger partial charge in [-0.05, 0) is 11.6 Å². The van der Waals surface area contributed by atoms with Crippen molar-refractivity contribution in [2.24, 2.45) is 10.2 Å². The molecule has 5 rings (SSSR count). The van der Waals surface area contributed by atoms with Crippen molar-refractivity contribution in [1.29, 1.82) is 0 Å². The summed E-state index contributed by atoms with van der Waals surface area (Å²) in [7, 11) is 0. The maximum absolute atomic E-state index is 13.1. The Labute approximate surface area is 158 Å². The van der Waals surface area contributed by atoms with Crippen LogP contribution in [-0.2, 0) is 9.59 Å². The van der Waals surface area contributed by atoms with Crippen molar-refractivity contribution in [2.75, 3.05) is 5.75 Å². The van der Waals surface area contributed by atoms with Gasteiger partial charge in [-0.3, -0.25) is 4.79 Å². The Morgan fingerprint density at radius 3 is 2.63 bits per heavy atom. The minimum Gasteiger partial charge on any atom is -0.480 e. The summed E-state index contributed by atoms with van der Waals surface area (Å²) in [5.41, 5.74) is 3.93. The number of amides is 1. The van der Waals surface area contributed by atoms with Gasteiger partial charge in [0.2, 0.25) is 0 Å². The second-order valence-corrected chi connectivity index (χ2v) is 7.43. The van der Waals surface area contributed by atoms with E-state index in [0.29, 0.717) is 17.0 Å². The molecule has 1 aromatic carbocycles. The van der Waals surface area contributed by atoms with E-state index in [4.69, 9.17) is 4.42 Å². The monoisotopic (exact) mass is 379 g/mol. The van der Waals surface area contributed by atoms with E-state index in [1.54, 1.807) is 18.6 Å². The molecule has 1 aromatic heterocycles. The minimum absolute atomic E-state index is 0.190. The number of carboxylic acid groups (broad SMARTS) is 1. The highest BCUT2D eigenvalue weighted by molar-refractivity contribution is 8.00. The molecular formula is C19H13N3O4S. The molecule has 27 heavy (non-hydrogen) atoms. The lowest BCUT2D eigenvalue weighted by Gasteiger charge is -2.34. The summed E-state index contributed by atoms with van der Waals surface area (Å²) in [5, 5.41) is 17.5. The van der Waals surface area contributed by atoms with E-state index in [9.17, 15) is 14.7 Å². The van der Waals surface area contributed by atoms with Gasteiger partial charge in [-0.2, -0.15) is 0 Å². The zero-order valence-electron chi connectivity index (χ0n) is 13.9. The molecule has 1 saturated heterocycles. The lowest BCUT2D eigenvalue weighted by atomic mass is 9.87. The first-order valence-corrected chi connectivity index (χ1v) is 9.37. The zero-order chi connectivity index (χ0) is 18.5. The Hall–Kier alpha value is -3.13. The maximum atomic E-state index is 13.1. The highest BCUT2D eigenvalue weighted by atomic mass is 32.2. The summed E-state index contributed by atoms with van der Waals surface area (Å²) < 4.78 is 5.18. The number of hydrogen-bond donors (Lipinski definition) is 1. The van der Waals surface area contributed by atoms with E-state index in [2.05, 4.69) is 10.2 Å². The number of rotatable bonds is 3. The third-order valence-electron chi connectivity index (χ3n) is 4.84. The van der Waals surface area contributed by atoms with E-state index in [1.807, 2.05) is 30.3 Å². The molecule has 4 heterocycles. The summed E-state index contributed by atoms with van der Waals surface area (Å²) in [5.74, 6) is -1.07. The van der Waals surface area contributed by atoms with E-state index < -0.39 is 23.3 Å². The Bertz CT molecular complexity index is 1040. The molecule has 2 aromatic rings. The third kappa shape index (κ3) is 2.30. The summed E-state index contributed by atoms with van der Waals surface area (Å²) in [4.78, 5) is 26.2. The normalized spacial score (nSPS) is 23.9. The van der Waals surface area contributed by atoms with Crippen molar-refractivity contribution in [3.63, 3.8) is 0 Å². The van der Waals surface area contributed by atoms with Crippen LogP contribution in [0, 0.1) is 0 Å². The van der Waals surface area contributed by atoms with Gasteiger partial charge in [0.1, 0.15) is 17.1 Å². The topological polar surface area (TPSA) is 95.5 Å². The molecule has 1 amide bonds. The smallest absolute Gasteiger partial charge is 0.327 e. The van der Waals surface area contributed by atoms with Crippen molar-refractivity contribution < 1.29 is 19.1 Å². The van der Waals surface area contributed by atoms with Crippen LogP contribution in [0.5, 0.6) is 0 Å². The zero-order valence-corrected chi connectivity index (χ0v) is 14.7. The van der Waals surface area contributed by atoms with Gasteiger partial charge in [-0.25, -0.2) is 4.79 Å². The minimum atomic E-state index is -1.01. The molecule has 8 heteroatoms. The second-order valence-electron chi connectivity index (χ2n) is 6.32. The molecule has 7 nitrogen and oxygen atoms in total. The average Bonchev–Trinajstić information content (AvgIpc) is 3.41. The van der Waals surface area contributed by atoms with Gasteiger partial charge in [0.25, 0.3) is 5.91 Å². The number of aliphatic carboxylic acids is 1. The van der Waals surface area contributed by atoms with E-state index >= 15 is 0 Å². The van der Waals surface area contributed by atoms with Crippen LogP contribution in [0.4, 0.5) is 0 Å². The fourth-order valence-electron chi connectivity index (χ4n) is 3.64. The fourth-order valence-corrected chi connectivity index (χ4v) is 5.13. The number of fused-ring (bicyclic) bond motifs is 2.